The predicted octanol–water partition coefficient (Wildman–Crippen LogP) is 3.42. The lowest BCUT2D eigenvalue weighted by Crippen LogP contribution is -2.15. The summed E-state index contributed by atoms with van der Waals surface area (Å²) in [5, 5.41) is 2.23. The van der Waals surface area contributed by atoms with E-state index in [0.29, 0.717) is 5.92 Å². The summed E-state index contributed by atoms with van der Waals surface area (Å²) in [6.45, 7) is 1.07. The minimum absolute atomic E-state index is 0.502. The quantitative estimate of drug-likeness (QED) is 0.849. The maximum absolute atomic E-state index is 3.52. The molecule has 1 aliphatic rings. The van der Waals surface area contributed by atoms with Crippen molar-refractivity contribution in [1.82, 2.24) is 4.98 Å². The van der Waals surface area contributed by atoms with Crippen LogP contribution < -0.4 is 4.90 Å². The van der Waals surface area contributed by atoms with E-state index in [1.54, 1.807) is 11.3 Å². The van der Waals surface area contributed by atoms with Crippen LogP contribution in [0.4, 0.5) is 5.69 Å². The Balaban J connectivity index is 2.04. The molecule has 0 saturated carbocycles. The Kier molecular flexibility index (Phi) is 2.14. The summed E-state index contributed by atoms with van der Waals surface area (Å²) >= 11 is 5.27. The number of likely N-dealkylation sites (N-methyl/N-ethyl adjacent to an activating group) is 1. The number of nitrogens with zero attached hydrogens (tertiary/aromatic N) is 1. The first-order valence-electron chi connectivity index (χ1n) is 4.88. The number of rotatable bonds is 1. The van der Waals surface area contributed by atoms with Gasteiger partial charge in [-0.25, -0.2) is 0 Å². The molecule has 0 saturated heterocycles. The summed E-state index contributed by atoms with van der Waals surface area (Å²) in [5.41, 5.74) is 4.09. The van der Waals surface area contributed by atoms with E-state index < -0.39 is 0 Å². The number of hydrogen-bond acceptors (Lipinski definition) is 2. The first-order valence-corrected chi connectivity index (χ1v) is 6.55. The molecule has 4 heteroatoms. The van der Waals surface area contributed by atoms with E-state index in [4.69, 9.17) is 0 Å². The Morgan fingerprint density at radius 2 is 2.47 bits per heavy atom. The van der Waals surface area contributed by atoms with Crippen LogP contribution in [0.1, 0.15) is 17.2 Å². The van der Waals surface area contributed by atoms with E-state index >= 15 is 0 Å². The van der Waals surface area contributed by atoms with Crippen molar-refractivity contribution in [1.29, 1.82) is 0 Å². The zero-order chi connectivity index (χ0) is 10.4. The van der Waals surface area contributed by atoms with Gasteiger partial charge in [0.15, 0.2) is 0 Å². The van der Waals surface area contributed by atoms with Gasteiger partial charge in [0.05, 0.1) is 9.47 Å². The second-order valence-corrected chi connectivity index (χ2v) is 6.18. The standard InChI is InChI=1S/C11H11BrN2S/c1-14-5-8(7-4-10(12)15-6-7)11-9(14)2-3-13-11/h2-4,6,8,13H,5H2,1H3. The van der Waals surface area contributed by atoms with E-state index in [9.17, 15) is 0 Å². The van der Waals surface area contributed by atoms with Gasteiger partial charge in [-0.05, 0) is 39.0 Å². The van der Waals surface area contributed by atoms with Crippen LogP contribution >= 0.6 is 27.3 Å². The number of fused-ring (bicyclic) bond motifs is 1. The molecule has 1 unspecified atom stereocenters. The van der Waals surface area contributed by atoms with Gasteiger partial charge in [-0.2, -0.15) is 0 Å². The third kappa shape index (κ3) is 1.43. The number of aromatic nitrogens is 1. The summed E-state index contributed by atoms with van der Waals surface area (Å²) in [5.74, 6) is 0.502. The van der Waals surface area contributed by atoms with Crippen molar-refractivity contribution in [2.45, 2.75) is 5.92 Å². The molecule has 1 atom stereocenters. The fourth-order valence-corrected chi connectivity index (χ4v) is 3.46. The molecule has 15 heavy (non-hydrogen) atoms. The molecule has 0 radical (unpaired) electrons. The van der Waals surface area contributed by atoms with Gasteiger partial charge >= 0.3 is 0 Å². The summed E-state index contributed by atoms with van der Waals surface area (Å²) in [7, 11) is 2.15. The molecule has 2 aromatic heterocycles. The summed E-state index contributed by atoms with van der Waals surface area (Å²) < 4.78 is 1.21. The van der Waals surface area contributed by atoms with Gasteiger partial charge in [-0.1, -0.05) is 0 Å². The SMILES string of the molecule is CN1CC(c2csc(Br)c2)c2[nH]ccc21. The van der Waals surface area contributed by atoms with Gasteiger partial charge in [0.1, 0.15) is 0 Å². The molecule has 2 nitrogen and oxygen atoms in total. The number of halogens is 1. The monoisotopic (exact) mass is 282 g/mol. The van der Waals surface area contributed by atoms with Crippen molar-refractivity contribution in [3.05, 3.63) is 38.8 Å². The number of anilines is 1. The Morgan fingerprint density at radius 1 is 1.60 bits per heavy atom. The van der Waals surface area contributed by atoms with Crippen molar-refractivity contribution >= 4 is 33.0 Å². The van der Waals surface area contributed by atoms with Gasteiger partial charge < -0.3 is 9.88 Å². The Morgan fingerprint density at radius 3 is 3.20 bits per heavy atom. The van der Waals surface area contributed by atoms with Crippen molar-refractivity contribution in [2.24, 2.45) is 0 Å². The zero-order valence-corrected chi connectivity index (χ0v) is 10.7. The largest absolute Gasteiger partial charge is 0.372 e. The number of aromatic amines is 1. The molecule has 0 bridgehead atoms. The molecule has 0 aliphatic carbocycles. The third-order valence-electron chi connectivity index (χ3n) is 2.96. The van der Waals surface area contributed by atoms with Crippen LogP contribution in [0.15, 0.2) is 27.5 Å². The van der Waals surface area contributed by atoms with Crippen LogP contribution in [0.5, 0.6) is 0 Å². The van der Waals surface area contributed by atoms with E-state index in [-0.39, 0.29) is 0 Å². The molecule has 0 fully saturated rings. The van der Waals surface area contributed by atoms with Crippen molar-refractivity contribution < 1.29 is 0 Å². The van der Waals surface area contributed by atoms with Crippen molar-refractivity contribution in [2.75, 3.05) is 18.5 Å². The highest BCUT2D eigenvalue weighted by molar-refractivity contribution is 9.11. The fraction of sp³-hybridized carbons (Fsp3) is 0.273. The van der Waals surface area contributed by atoms with Crippen LogP contribution in [0.25, 0.3) is 0 Å². The Labute approximate surface area is 101 Å². The van der Waals surface area contributed by atoms with Gasteiger partial charge in [0.25, 0.3) is 0 Å². The molecular formula is C11H11BrN2S. The molecule has 0 aromatic carbocycles. The van der Waals surface area contributed by atoms with E-state index in [0.717, 1.165) is 6.54 Å². The second kappa shape index (κ2) is 3.39. The van der Waals surface area contributed by atoms with Crippen molar-refractivity contribution in [3.63, 3.8) is 0 Å². The Hall–Kier alpha value is -0.740. The second-order valence-electron chi connectivity index (χ2n) is 3.89. The number of hydrogen-bond donors (Lipinski definition) is 1. The van der Waals surface area contributed by atoms with Crippen LogP contribution in [0, 0.1) is 0 Å². The molecule has 3 rings (SSSR count). The van der Waals surface area contributed by atoms with Crippen LogP contribution in [0.3, 0.4) is 0 Å². The highest BCUT2D eigenvalue weighted by Crippen LogP contribution is 2.40. The highest BCUT2D eigenvalue weighted by atomic mass is 79.9. The number of nitrogens with one attached hydrogen (secondary N) is 1. The average Bonchev–Trinajstić information content (AvgIpc) is 2.84. The van der Waals surface area contributed by atoms with Gasteiger partial charge in [0.2, 0.25) is 0 Å². The topological polar surface area (TPSA) is 19.0 Å². The number of H-pyrrole nitrogens is 1. The molecule has 0 spiro atoms. The molecule has 78 valence electrons. The van der Waals surface area contributed by atoms with E-state index in [2.05, 4.69) is 50.4 Å². The molecule has 3 heterocycles. The summed E-state index contributed by atoms with van der Waals surface area (Å²) in [6, 6.07) is 4.37. The smallest absolute Gasteiger partial charge is 0.0701 e. The molecule has 1 aliphatic heterocycles. The molecule has 0 amide bonds. The lowest BCUT2D eigenvalue weighted by molar-refractivity contribution is 0.819. The normalized spacial score (nSPS) is 19.6. The fourth-order valence-electron chi connectivity index (χ4n) is 2.23. The minimum atomic E-state index is 0.502. The van der Waals surface area contributed by atoms with Crippen LogP contribution in [-0.2, 0) is 0 Å². The summed E-state index contributed by atoms with van der Waals surface area (Å²) in [6.07, 6.45) is 2.02. The van der Waals surface area contributed by atoms with Gasteiger partial charge in [-0.3, -0.25) is 0 Å². The molecular weight excluding hydrogens is 272 g/mol. The molecule has 2 aromatic rings. The van der Waals surface area contributed by atoms with Gasteiger partial charge in [-0.15, -0.1) is 11.3 Å². The maximum atomic E-state index is 3.52. The lowest BCUT2D eigenvalue weighted by atomic mass is 10.0. The Bertz CT molecular complexity index is 488. The predicted molar refractivity (Wildman–Crippen MR) is 67.9 cm³/mol. The lowest BCUT2D eigenvalue weighted by Gasteiger charge is -2.11. The van der Waals surface area contributed by atoms with E-state index in [1.165, 1.54) is 20.7 Å². The van der Waals surface area contributed by atoms with Crippen LogP contribution in [-0.4, -0.2) is 18.6 Å². The first kappa shape index (κ1) is 9.48. The maximum Gasteiger partial charge on any atom is 0.0701 e. The van der Waals surface area contributed by atoms with Gasteiger partial charge in [0, 0.05) is 31.4 Å². The van der Waals surface area contributed by atoms with E-state index in [1.807, 2.05) is 6.20 Å². The minimum Gasteiger partial charge on any atom is -0.372 e. The number of thiophene rings is 1. The first-order chi connectivity index (χ1) is 7.25. The average molecular weight is 283 g/mol. The third-order valence-corrected chi connectivity index (χ3v) is 4.48. The summed E-state index contributed by atoms with van der Waals surface area (Å²) in [4.78, 5) is 5.66. The highest BCUT2D eigenvalue weighted by Gasteiger charge is 2.29. The zero-order valence-electron chi connectivity index (χ0n) is 8.33. The molecule has 1 N–H and O–H groups in total. The van der Waals surface area contributed by atoms with Crippen molar-refractivity contribution in [3.8, 4) is 0 Å². The van der Waals surface area contributed by atoms with Crippen LogP contribution in [0.2, 0.25) is 0 Å².